The highest BCUT2D eigenvalue weighted by Gasteiger charge is 2.21. The quantitative estimate of drug-likeness (QED) is 0.534. The van der Waals surface area contributed by atoms with Gasteiger partial charge in [-0.05, 0) is 42.8 Å². The lowest BCUT2D eigenvalue weighted by atomic mass is 10.2. The molecule has 1 aromatic heterocycles. The smallest absolute Gasteiger partial charge is 0.376 e. The number of methoxy groups -OCH3 is 1. The maximum atomic E-state index is 13.8. The first-order valence-electron chi connectivity index (χ1n) is 9.38. The number of aromatic nitrogens is 3. The van der Waals surface area contributed by atoms with Crippen molar-refractivity contribution in [1.29, 1.82) is 0 Å². The summed E-state index contributed by atoms with van der Waals surface area (Å²) in [6, 6.07) is 11.3. The molecule has 0 fully saturated rings. The van der Waals surface area contributed by atoms with E-state index in [1.807, 2.05) is 12.1 Å². The highest BCUT2D eigenvalue weighted by atomic mass is 35.5. The molecule has 10 heteroatoms. The van der Waals surface area contributed by atoms with Crippen LogP contribution in [0.4, 0.5) is 4.39 Å². The van der Waals surface area contributed by atoms with Gasteiger partial charge in [0.25, 0.3) is 0 Å². The van der Waals surface area contributed by atoms with Gasteiger partial charge in [0.2, 0.25) is 11.7 Å². The molecule has 1 N–H and O–H groups in total. The fourth-order valence-electron chi connectivity index (χ4n) is 2.73. The molecular weight excluding hydrogens is 427 g/mol. The number of carbonyl (C=O) groups is 2. The summed E-state index contributed by atoms with van der Waals surface area (Å²) in [5.74, 6) is -1.21. The maximum absolute atomic E-state index is 13.8. The highest BCUT2D eigenvalue weighted by Crippen LogP contribution is 2.22. The second-order valence-corrected chi connectivity index (χ2v) is 6.80. The standard InChI is InChI=1S/C21H20ClFN4O4/c1-3-31-21(29)20-25-19(14-7-8-16(22)17(23)10-14)26-27(20)12-18(28)24-11-13-5-4-6-15(9-13)30-2/h4-10H,3,11-12H2,1-2H3,(H,24,28). The molecule has 0 aliphatic heterocycles. The van der Waals surface area contributed by atoms with Crippen LogP contribution in [0, 0.1) is 5.82 Å². The molecule has 8 nitrogen and oxygen atoms in total. The molecule has 1 amide bonds. The summed E-state index contributed by atoms with van der Waals surface area (Å²) >= 11 is 5.71. The molecule has 0 bridgehead atoms. The lowest BCUT2D eigenvalue weighted by Crippen LogP contribution is -2.29. The molecule has 162 valence electrons. The average molecular weight is 447 g/mol. The van der Waals surface area contributed by atoms with Crippen molar-refractivity contribution in [1.82, 2.24) is 20.1 Å². The molecule has 0 aliphatic carbocycles. The summed E-state index contributed by atoms with van der Waals surface area (Å²) < 4.78 is 25.1. The molecule has 3 aromatic rings. The summed E-state index contributed by atoms with van der Waals surface area (Å²) in [4.78, 5) is 28.9. The minimum Gasteiger partial charge on any atom is -0.497 e. The summed E-state index contributed by atoms with van der Waals surface area (Å²) in [6.45, 7) is 1.75. The Bertz CT molecular complexity index is 1100. The van der Waals surface area contributed by atoms with Crippen LogP contribution in [-0.4, -0.2) is 40.4 Å². The van der Waals surface area contributed by atoms with Crippen LogP contribution in [0.5, 0.6) is 5.75 Å². The summed E-state index contributed by atoms with van der Waals surface area (Å²) in [5, 5.41) is 6.89. The van der Waals surface area contributed by atoms with E-state index in [0.717, 1.165) is 16.3 Å². The van der Waals surface area contributed by atoms with Crippen LogP contribution in [0.25, 0.3) is 11.4 Å². The third kappa shape index (κ3) is 5.58. The first-order valence-corrected chi connectivity index (χ1v) is 9.76. The second-order valence-electron chi connectivity index (χ2n) is 6.39. The van der Waals surface area contributed by atoms with Gasteiger partial charge in [-0.2, -0.15) is 0 Å². The first-order chi connectivity index (χ1) is 14.9. The Morgan fingerprint density at radius 1 is 1.23 bits per heavy atom. The van der Waals surface area contributed by atoms with Gasteiger partial charge < -0.3 is 14.8 Å². The van der Waals surface area contributed by atoms with Crippen molar-refractivity contribution < 1.29 is 23.5 Å². The zero-order chi connectivity index (χ0) is 22.4. The van der Waals surface area contributed by atoms with Crippen LogP contribution in [-0.2, 0) is 22.6 Å². The van der Waals surface area contributed by atoms with Gasteiger partial charge in [-0.15, -0.1) is 5.10 Å². The molecule has 0 spiro atoms. The predicted molar refractivity (Wildman–Crippen MR) is 111 cm³/mol. The fourth-order valence-corrected chi connectivity index (χ4v) is 2.85. The van der Waals surface area contributed by atoms with Gasteiger partial charge in [0, 0.05) is 12.1 Å². The molecule has 2 aromatic carbocycles. The third-order valence-electron chi connectivity index (χ3n) is 4.22. The molecule has 0 radical (unpaired) electrons. The molecule has 1 heterocycles. The van der Waals surface area contributed by atoms with E-state index in [2.05, 4.69) is 15.4 Å². The Hall–Kier alpha value is -3.46. The Labute approximate surface area is 182 Å². The Balaban J connectivity index is 1.79. The maximum Gasteiger partial charge on any atom is 0.376 e. The van der Waals surface area contributed by atoms with E-state index in [0.29, 0.717) is 11.3 Å². The third-order valence-corrected chi connectivity index (χ3v) is 4.53. The first kappa shape index (κ1) is 22.2. The normalized spacial score (nSPS) is 10.6. The van der Waals surface area contributed by atoms with E-state index < -0.39 is 17.7 Å². The number of hydrogen-bond donors (Lipinski definition) is 1. The van der Waals surface area contributed by atoms with E-state index in [9.17, 15) is 14.0 Å². The van der Waals surface area contributed by atoms with Crippen molar-refractivity contribution in [2.45, 2.75) is 20.0 Å². The molecule has 31 heavy (non-hydrogen) atoms. The number of amides is 1. The summed E-state index contributed by atoms with van der Waals surface area (Å²) in [5.41, 5.74) is 1.15. The number of rotatable bonds is 8. The molecule has 0 atom stereocenters. The minimum atomic E-state index is -0.740. The van der Waals surface area contributed by atoms with Crippen molar-refractivity contribution in [2.75, 3.05) is 13.7 Å². The summed E-state index contributed by atoms with van der Waals surface area (Å²) in [6.07, 6.45) is 0. The van der Waals surface area contributed by atoms with Crippen molar-refractivity contribution in [3.8, 4) is 17.1 Å². The van der Waals surface area contributed by atoms with Crippen molar-refractivity contribution in [3.05, 3.63) is 64.7 Å². The van der Waals surface area contributed by atoms with Gasteiger partial charge >= 0.3 is 5.97 Å². The van der Waals surface area contributed by atoms with Crippen LogP contribution >= 0.6 is 11.6 Å². The number of hydrogen-bond acceptors (Lipinski definition) is 6. The van der Waals surface area contributed by atoms with Gasteiger partial charge in [-0.25, -0.2) is 18.9 Å². The molecule has 0 saturated carbocycles. The van der Waals surface area contributed by atoms with Crippen LogP contribution in [0.2, 0.25) is 5.02 Å². The van der Waals surface area contributed by atoms with Gasteiger partial charge in [0.15, 0.2) is 5.82 Å². The molecular formula is C21H20ClFN4O4. The van der Waals surface area contributed by atoms with Gasteiger partial charge in [0.05, 0.1) is 18.7 Å². The zero-order valence-electron chi connectivity index (χ0n) is 16.9. The predicted octanol–water partition coefficient (Wildman–Crippen LogP) is 3.24. The van der Waals surface area contributed by atoms with Gasteiger partial charge in [0.1, 0.15) is 18.1 Å². The van der Waals surface area contributed by atoms with Crippen molar-refractivity contribution >= 4 is 23.5 Å². The lowest BCUT2D eigenvalue weighted by molar-refractivity contribution is -0.122. The number of halogens is 2. The summed E-state index contributed by atoms with van der Waals surface area (Å²) in [7, 11) is 1.56. The molecule has 0 saturated heterocycles. The van der Waals surface area contributed by atoms with E-state index in [-0.39, 0.29) is 36.4 Å². The van der Waals surface area contributed by atoms with Gasteiger partial charge in [-0.3, -0.25) is 4.79 Å². The number of carbonyl (C=O) groups excluding carboxylic acids is 2. The average Bonchev–Trinajstić information content (AvgIpc) is 3.18. The largest absolute Gasteiger partial charge is 0.497 e. The van der Waals surface area contributed by atoms with Gasteiger partial charge in [-0.1, -0.05) is 23.7 Å². The number of esters is 1. The monoisotopic (exact) mass is 446 g/mol. The number of nitrogens with zero attached hydrogens (tertiary/aromatic N) is 3. The van der Waals surface area contributed by atoms with Crippen LogP contribution in [0.3, 0.4) is 0 Å². The van der Waals surface area contributed by atoms with E-state index in [1.54, 1.807) is 26.2 Å². The SMILES string of the molecule is CCOC(=O)c1nc(-c2ccc(Cl)c(F)c2)nn1CC(=O)NCc1cccc(OC)c1. The van der Waals surface area contributed by atoms with E-state index in [1.165, 1.54) is 12.1 Å². The minimum absolute atomic E-state index is 0.0503. The topological polar surface area (TPSA) is 95.3 Å². The number of nitrogens with one attached hydrogen (secondary N) is 1. The Kier molecular flexibility index (Phi) is 7.19. The lowest BCUT2D eigenvalue weighted by Gasteiger charge is -2.08. The number of ether oxygens (including phenoxy) is 2. The van der Waals surface area contributed by atoms with Crippen molar-refractivity contribution in [2.24, 2.45) is 0 Å². The van der Waals surface area contributed by atoms with Crippen LogP contribution < -0.4 is 10.1 Å². The van der Waals surface area contributed by atoms with Crippen molar-refractivity contribution in [3.63, 3.8) is 0 Å². The molecule has 0 aliphatic rings. The Morgan fingerprint density at radius 2 is 2.03 bits per heavy atom. The van der Waals surface area contributed by atoms with Crippen LogP contribution in [0.1, 0.15) is 23.1 Å². The van der Waals surface area contributed by atoms with Crippen LogP contribution in [0.15, 0.2) is 42.5 Å². The molecule has 3 rings (SSSR count). The second kappa shape index (κ2) is 10.0. The Morgan fingerprint density at radius 3 is 2.74 bits per heavy atom. The highest BCUT2D eigenvalue weighted by molar-refractivity contribution is 6.30. The van der Waals surface area contributed by atoms with E-state index in [4.69, 9.17) is 21.1 Å². The molecule has 0 unspecified atom stereocenters. The fraction of sp³-hybridized carbons (Fsp3) is 0.238. The zero-order valence-corrected chi connectivity index (χ0v) is 17.6. The number of benzene rings is 2. The van der Waals surface area contributed by atoms with E-state index >= 15 is 0 Å².